The van der Waals surface area contributed by atoms with E-state index >= 15 is 0 Å². The molecule has 2 aromatic heterocycles. The summed E-state index contributed by atoms with van der Waals surface area (Å²) in [4.78, 5) is 8.88. The van der Waals surface area contributed by atoms with E-state index in [0.29, 0.717) is 12.5 Å². The lowest BCUT2D eigenvalue weighted by atomic mass is 10.4. The highest BCUT2D eigenvalue weighted by Crippen LogP contribution is 2.15. The first-order valence-corrected chi connectivity index (χ1v) is 5.64. The molecule has 0 radical (unpaired) electrons. The average Bonchev–Trinajstić information content (AvgIpc) is 2.81. The highest BCUT2D eigenvalue weighted by atomic mass is 32.1. The number of rotatable bonds is 4. The molecule has 0 fully saturated rings. The molecule has 0 atom stereocenters. The molecule has 0 amide bonds. The Morgan fingerprint density at radius 3 is 3.06 bits per heavy atom. The molecule has 0 spiro atoms. The molecular formula is C10H11FN4S. The van der Waals surface area contributed by atoms with Crippen LogP contribution in [0.2, 0.25) is 0 Å². The second kappa shape index (κ2) is 4.89. The Balaban J connectivity index is 2.08. The third-order valence-electron chi connectivity index (χ3n) is 1.98. The predicted molar refractivity (Wildman–Crippen MR) is 63.2 cm³/mol. The van der Waals surface area contributed by atoms with E-state index in [1.165, 1.54) is 0 Å². The maximum Gasteiger partial charge on any atom is 0.224 e. The van der Waals surface area contributed by atoms with Gasteiger partial charge in [-0.2, -0.15) is 4.98 Å². The number of anilines is 2. The van der Waals surface area contributed by atoms with Gasteiger partial charge in [0.25, 0.3) is 0 Å². The van der Waals surface area contributed by atoms with Crippen molar-refractivity contribution in [2.24, 2.45) is 0 Å². The second-order valence-corrected chi connectivity index (χ2v) is 4.11. The van der Waals surface area contributed by atoms with Crippen molar-refractivity contribution in [1.29, 1.82) is 0 Å². The summed E-state index contributed by atoms with van der Waals surface area (Å²) in [7, 11) is 1.69. The molecule has 0 aliphatic rings. The van der Waals surface area contributed by atoms with E-state index < -0.39 is 5.82 Å². The fraction of sp³-hybridized carbons (Fsp3) is 0.200. The molecule has 16 heavy (non-hydrogen) atoms. The van der Waals surface area contributed by atoms with Gasteiger partial charge in [0.1, 0.15) is 0 Å². The zero-order valence-electron chi connectivity index (χ0n) is 8.70. The van der Waals surface area contributed by atoms with Gasteiger partial charge in [-0.25, -0.2) is 9.37 Å². The van der Waals surface area contributed by atoms with Gasteiger partial charge in [0.05, 0.1) is 12.7 Å². The fourth-order valence-electron chi connectivity index (χ4n) is 1.20. The molecule has 0 unspecified atom stereocenters. The van der Waals surface area contributed by atoms with Gasteiger partial charge in [0.2, 0.25) is 5.95 Å². The number of halogens is 1. The molecule has 0 saturated heterocycles. The molecular weight excluding hydrogens is 227 g/mol. The quantitative estimate of drug-likeness (QED) is 0.858. The first-order chi connectivity index (χ1) is 7.79. The normalized spacial score (nSPS) is 10.1. The van der Waals surface area contributed by atoms with Gasteiger partial charge in [0, 0.05) is 11.9 Å². The molecule has 0 aromatic carbocycles. The van der Waals surface area contributed by atoms with Gasteiger partial charge in [-0.1, -0.05) is 6.07 Å². The van der Waals surface area contributed by atoms with Crippen LogP contribution in [0.15, 0.2) is 23.7 Å². The first-order valence-electron chi connectivity index (χ1n) is 4.76. The van der Waals surface area contributed by atoms with Crippen LogP contribution in [0, 0.1) is 5.82 Å². The lowest BCUT2D eigenvalue weighted by Gasteiger charge is -2.06. The van der Waals surface area contributed by atoms with Crippen LogP contribution in [0.3, 0.4) is 0 Å². The topological polar surface area (TPSA) is 49.8 Å². The molecule has 0 saturated carbocycles. The predicted octanol–water partition coefficient (Wildman–Crippen LogP) is 2.33. The minimum absolute atomic E-state index is 0.216. The summed E-state index contributed by atoms with van der Waals surface area (Å²) in [6.07, 6.45) is 1.15. The van der Waals surface area contributed by atoms with Crippen molar-refractivity contribution in [1.82, 2.24) is 9.97 Å². The van der Waals surface area contributed by atoms with Gasteiger partial charge in [-0.05, 0) is 11.4 Å². The number of aromatic nitrogens is 2. The second-order valence-electron chi connectivity index (χ2n) is 3.07. The minimum atomic E-state index is -0.449. The van der Waals surface area contributed by atoms with E-state index in [0.717, 1.165) is 11.1 Å². The van der Waals surface area contributed by atoms with Crippen LogP contribution in [-0.2, 0) is 6.54 Å². The Morgan fingerprint density at radius 1 is 1.50 bits per heavy atom. The lowest BCUT2D eigenvalue weighted by Crippen LogP contribution is -2.05. The van der Waals surface area contributed by atoms with Gasteiger partial charge < -0.3 is 10.6 Å². The Hall–Kier alpha value is -1.69. The number of hydrogen-bond donors (Lipinski definition) is 2. The van der Waals surface area contributed by atoms with Crippen molar-refractivity contribution >= 4 is 23.1 Å². The smallest absolute Gasteiger partial charge is 0.224 e. The van der Waals surface area contributed by atoms with Crippen molar-refractivity contribution in [2.75, 3.05) is 17.7 Å². The summed E-state index contributed by atoms with van der Waals surface area (Å²) in [5.41, 5.74) is 0. The molecule has 2 rings (SSSR count). The van der Waals surface area contributed by atoms with E-state index in [9.17, 15) is 4.39 Å². The van der Waals surface area contributed by atoms with Gasteiger partial charge >= 0.3 is 0 Å². The molecule has 4 nitrogen and oxygen atoms in total. The first kappa shape index (κ1) is 10.8. The summed E-state index contributed by atoms with van der Waals surface area (Å²) in [6.45, 7) is 0.564. The van der Waals surface area contributed by atoms with E-state index in [-0.39, 0.29) is 5.82 Å². The fourth-order valence-corrected chi connectivity index (χ4v) is 1.84. The van der Waals surface area contributed by atoms with Crippen molar-refractivity contribution in [3.63, 3.8) is 0 Å². The monoisotopic (exact) mass is 238 g/mol. The third-order valence-corrected chi connectivity index (χ3v) is 2.85. The van der Waals surface area contributed by atoms with Crippen LogP contribution in [-0.4, -0.2) is 17.0 Å². The number of thiophene rings is 1. The van der Waals surface area contributed by atoms with Crippen molar-refractivity contribution in [2.45, 2.75) is 6.54 Å². The van der Waals surface area contributed by atoms with Crippen LogP contribution >= 0.6 is 11.3 Å². The SMILES string of the molecule is CNc1ncc(F)c(NCc2cccs2)n1. The zero-order chi connectivity index (χ0) is 11.4. The largest absolute Gasteiger partial charge is 0.363 e. The van der Waals surface area contributed by atoms with E-state index in [2.05, 4.69) is 20.6 Å². The van der Waals surface area contributed by atoms with Crippen LogP contribution < -0.4 is 10.6 Å². The van der Waals surface area contributed by atoms with Crippen molar-refractivity contribution < 1.29 is 4.39 Å². The van der Waals surface area contributed by atoms with E-state index in [1.807, 2.05) is 17.5 Å². The minimum Gasteiger partial charge on any atom is -0.363 e. The Bertz CT molecular complexity index is 458. The molecule has 84 valence electrons. The number of nitrogens with one attached hydrogen (secondary N) is 2. The average molecular weight is 238 g/mol. The molecule has 0 aliphatic carbocycles. The summed E-state index contributed by atoms with van der Waals surface area (Å²) < 4.78 is 13.3. The number of nitrogens with zero attached hydrogens (tertiary/aromatic N) is 2. The standard InChI is InChI=1S/C10H11FN4S/c1-12-10-14-6-8(11)9(15-10)13-5-7-3-2-4-16-7/h2-4,6H,5H2,1H3,(H2,12,13,14,15). The Labute approximate surface area is 96.6 Å². The van der Waals surface area contributed by atoms with E-state index in [4.69, 9.17) is 0 Å². The van der Waals surface area contributed by atoms with Gasteiger partial charge in [-0.3, -0.25) is 0 Å². The van der Waals surface area contributed by atoms with E-state index in [1.54, 1.807) is 18.4 Å². The maximum absolute atomic E-state index is 13.3. The van der Waals surface area contributed by atoms with Crippen LogP contribution in [0.25, 0.3) is 0 Å². The summed E-state index contributed by atoms with van der Waals surface area (Å²) in [5.74, 6) is 0.165. The summed E-state index contributed by atoms with van der Waals surface area (Å²) in [5, 5.41) is 7.67. The molecule has 6 heteroatoms. The van der Waals surface area contributed by atoms with Crippen LogP contribution in [0.1, 0.15) is 4.88 Å². The highest BCUT2D eigenvalue weighted by Gasteiger charge is 2.05. The van der Waals surface area contributed by atoms with Crippen LogP contribution in [0.5, 0.6) is 0 Å². The lowest BCUT2D eigenvalue weighted by molar-refractivity contribution is 0.617. The van der Waals surface area contributed by atoms with Crippen molar-refractivity contribution in [3.8, 4) is 0 Å². The maximum atomic E-state index is 13.3. The zero-order valence-corrected chi connectivity index (χ0v) is 9.51. The molecule has 0 aliphatic heterocycles. The highest BCUT2D eigenvalue weighted by molar-refractivity contribution is 7.09. The molecule has 2 N–H and O–H groups in total. The Morgan fingerprint density at radius 2 is 2.38 bits per heavy atom. The van der Waals surface area contributed by atoms with Gasteiger partial charge in [-0.15, -0.1) is 11.3 Å². The Kier molecular flexibility index (Phi) is 3.31. The molecule has 2 aromatic rings. The van der Waals surface area contributed by atoms with Gasteiger partial charge in [0.15, 0.2) is 11.6 Å². The van der Waals surface area contributed by atoms with Crippen molar-refractivity contribution in [3.05, 3.63) is 34.4 Å². The van der Waals surface area contributed by atoms with Crippen LogP contribution in [0.4, 0.5) is 16.2 Å². The molecule has 0 bridgehead atoms. The molecule has 2 heterocycles. The summed E-state index contributed by atoms with van der Waals surface area (Å²) in [6, 6.07) is 3.94. The summed E-state index contributed by atoms with van der Waals surface area (Å²) >= 11 is 1.61. The number of hydrogen-bond acceptors (Lipinski definition) is 5. The third kappa shape index (κ3) is 2.46.